The molecule has 0 aliphatic heterocycles. The van der Waals surface area contributed by atoms with Crippen LogP contribution in [0.1, 0.15) is 56.1 Å². The van der Waals surface area contributed by atoms with E-state index >= 15 is 0 Å². The number of nitrogens with zero attached hydrogens (tertiary/aromatic N) is 1. The molecule has 1 amide bonds. The molecule has 0 radical (unpaired) electrons. The van der Waals surface area contributed by atoms with Crippen LogP contribution in [0.15, 0.2) is 18.3 Å². The molecule has 0 aromatic carbocycles. The SMILES string of the molecule is CC(C)n1cccc1C(=O)NC1CCC(C(=O)O)CC1. The summed E-state index contributed by atoms with van der Waals surface area (Å²) in [5.41, 5.74) is 0.667. The smallest absolute Gasteiger partial charge is 0.306 e. The molecule has 1 aliphatic rings. The molecule has 2 rings (SSSR count). The Labute approximate surface area is 119 Å². The molecular formula is C15H22N2O3. The number of carboxylic acid groups (broad SMARTS) is 1. The van der Waals surface area contributed by atoms with Gasteiger partial charge in [-0.05, 0) is 51.7 Å². The third-order valence-corrected chi connectivity index (χ3v) is 3.98. The van der Waals surface area contributed by atoms with Crippen LogP contribution in [0.5, 0.6) is 0 Å². The zero-order valence-corrected chi connectivity index (χ0v) is 12.0. The third kappa shape index (κ3) is 3.21. The van der Waals surface area contributed by atoms with Crippen LogP contribution in [-0.2, 0) is 4.79 Å². The second kappa shape index (κ2) is 6.11. The van der Waals surface area contributed by atoms with Crippen molar-refractivity contribution in [2.45, 2.75) is 51.6 Å². The summed E-state index contributed by atoms with van der Waals surface area (Å²) in [5.74, 6) is -1.03. The maximum atomic E-state index is 12.3. The van der Waals surface area contributed by atoms with Crippen LogP contribution >= 0.6 is 0 Å². The molecule has 0 saturated heterocycles. The maximum Gasteiger partial charge on any atom is 0.306 e. The average Bonchev–Trinajstić information content (AvgIpc) is 2.88. The van der Waals surface area contributed by atoms with E-state index in [2.05, 4.69) is 5.32 Å². The van der Waals surface area contributed by atoms with E-state index in [-0.39, 0.29) is 23.9 Å². The Hall–Kier alpha value is -1.78. The summed E-state index contributed by atoms with van der Waals surface area (Å²) in [4.78, 5) is 23.2. The number of hydrogen-bond donors (Lipinski definition) is 2. The van der Waals surface area contributed by atoms with Crippen LogP contribution in [0.25, 0.3) is 0 Å². The van der Waals surface area contributed by atoms with Crippen molar-refractivity contribution in [2.75, 3.05) is 0 Å². The minimum absolute atomic E-state index is 0.0672. The van der Waals surface area contributed by atoms with Gasteiger partial charge in [-0.25, -0.2) is 0 Å². The molecule has 1 fully saturated rings. The summed E-state index contributed by atoms with van der Waals surface area (Å²) in [7, 11) is 0. The van der Waals surface area contributed by atoms with Crippen LogP contribution in [0.4, 0.5) is 0 Å². The van der Waals surface area contributed by atoms with Gasteiger partial charge in [-0.1, -0.05) is 0 Å². The molecule has 0 spiro atoms. The van der Waals surface area contributed by atoms with Gasteiger partial charge in [0.25, 0.3) is 5.91 Å². The third-order valence-electron chi connectivity index (χ3n) is 3.98. The Morgan fingerprint density at radius 1 is 1.30 bits per heavy atom. The largest absolute Gasteiger partial charge is 0.481 e. The number of amides is 1. The number of rotatable bonds is 4. The van der Waals surface area contributed by atoms with Gasteiger partial charge >= 0.3 is 5.97 Å². The van der Waals surface area contributed by atoms with Gasteiger partial charge in [0.2, 0.25) is 0 Å². The minimum Gasteiger partial charge on any atom is -0.481 e. The van der Waals surface area contributed by atoms with E-state index in [1.54, 1.807) is 0 Å². The van der Waals surface area contributed by atoms with E-state index in [0.717, 1.165) is 12.8 Å². The highest BCUT2D eigenvalue weighted by Crippen LogP contribution is 2.24. The van der Waals surface area contributed by atoms with Crippen molar-refractivity contribution in [3.05, 3.63) is 24.0 Å². The van der Waals surface area contributed by atoms with Crippen LogP contribution in [0.2, 0.25) is 0 Å². The average molecular weight is 278 g/mol. The highest BCUT2D eigenvalue weighted by Gasteiger charge is 2.27. The highest BCUT2D eigenvalue weighted by molar-refractivity contribution is 5.93. The standard InChI is InChI=1S/C15H22N2O3/c1-10(2)17-9-3-4-13(17)14(18)16-12-7-5-11(6-8-12)15(19)20/h3-4,9-12H,5-8H2,1-2H3,(H,16,18)(H,19,20). The van der Waals surface area contributed by atoms with Crippen molar-refractivity contribution in [3.8, 4) is 0 Å². The highest BCUT2D eigenvalue weighted by atomic mass is 16.4. The monoisotopic (exact) mass is 278 g/mol. The fourth-order valence-electron chi connectivity index (χ4n) is 2.78. The van der Waals surface area contributed by atoms with E-state index in [9.17, 15) is 9.59 Å². The second-order valence-electron chi connectivity index (χ2n) is 5.75. The molecule has 1 aliphatic carbocycles. The molecule has 5 heteroatoms. The number of aromatic nitrogens is 1. The summed E-state index contributed by atoms with van der Waals surface area (Å²) in [5, 5.41) is 12.0. The van der Waals surface area contributed by atoms with Gasteiger partial charge in [0, 0.05) is 18.3 Å². The lowest BCUT2D eigenvalue weighted by Crippen LogP contribution is -2.39. The van der Waals surface area contributed by atoms with E-state index in [1.807, 2.05) is 36.7 Å². The Morgan fingerprint density at radius 2 is 1.95 bits per heavy atom. The molecule has 1 heterocycles. The van der Waals surface area contributed by atoms with Crippen molar-refractivity contribution in [3.63, 3.8) is 0 Å². The summed E-state index contributed by atoms with van der Waals surface area (Å²) in [6, 6.07) is 4.02. The van der Waals surface area contributed by atoms with Gasteiger partial charge in [0.05, 0.1) is 5.92 Å². The molecule has 0 bridgehead atoms. The predicted octanol–water partition coefficient (Wildman–Crippen LogP) is 2.44. The molecule has 2 N–H and O–H groups in total. The number of carbonyl (C=O) groups is 2. The first kappa shape index (κ1) is 14.6. The van der Waals surface area contributed by atoms with Crippen molar-refractivity contribution < 1.29 is 14.7 Å². The molecular weight excluding hydrogens is 256 g/mol. The number of carbonyl (C=O) groups excluding carboxylic acids is 1. The Bertz CT molecular complexity index is 485. The molecule has 0 atom stereocenters. The molecule has 0 unspecified atom stereocenters. The lowest BCUT2D eigenvalue weighted by molar-refractivity contribution is -0.142. The van der Waals surface area contributed by atoms with Crippen LogP contribution in [0.3, 0.4) is 0 Å². The number of nitrogens with one attached hydrogen (secondary N) is 1. The zero-order valence-electron chi connectivity index (χ0n) is 12.0. The molecule has 1 aromatic heterocycles. The summed E-state index contributed by atoms with van der Waals surface area (Å²) in [6.07, 6.45) is 4.67. The topological polar surface area (TPSA) is 71.3 Å². The van der Waals surface area contributed by atoms with Crippen molar-refractivity contribution in [1.29, 1.82) is 0 Å². The van der Waals surface area contributed by atoms with Gasteiger partial charge in [-0.2, -0.15) is 0 Å². The Kier molecular flexibility index (Phi) is 4.47. The molecule has 110 valence electrons. The normalized spacial score (nSPS) is 22.8. The maximum absolute atomic E-state index is 12.3. The summed E-state index contributed by atoms with van der Waals surface area (Å²) in [6.45, 7) is 4.07. The van der Waals surface area contributed by atoms with E-state index in [1.165, 1.54) is 0 Å². The lowest BCUT2D eigenvalue weighted by atomic mass is 9.86. The first-order valence-electron chi connectivity index (χ1n) is 7.19. The summed E-state index contributed by atoms with van der Waals surface area (Å²) < 4.78 is 1.94. The van der Waals surface area contributed by atoms with Crippen LogP contribution < -0.4 is 5.32 Å². The van der Waals surface area contributed by atoms with Gasteiger partial charge in [-0.15, -0.1) is 0 Å². The molecule has 1 aromatic rings. The number of carboxylic acids is 1. The fraction of sp³-hybridized carbons (Fsp3) is 0.600. The number of hydrogen-bond acceptors (Lipinski definition) is 2. The first-order valence-corrected chi connectivity index (χ1v) is 7.19. The quantitative estimate of drug-likeness (QED) is 0.888. The van der Waals surface area contributed by atoms with Gasteiger partial charge in [0.1, 0.15) is 5.69 Å². The van der Waals surface area contributed by atoms with Gasteiger partial charge in [0.15, 0.2) is 0 Å². The van der Waals surface area contributed by atoms with Crippen LogP contribution in [-0.4, -0.2) is 27.6 Å². The Morgan fingerprint density at radius 3 is 2.50 bits per heavy atom. The predicted molar refractivity (Wildman–Crippen MR) is 75.7 cm³/mol. The molecule has 5 nitrogen and oxygen atoms in total. The van der Waals surface area contributed by atoms with E-state index < -0.39 is 5.97 Å². The van der Waals surface area contributed by atoms with E-state index in [4.69, 9.17) is 5.11 Å². The van der Waals surface area contributed by atoms with Crippen LogP contribution in [0, 0.1) is 5.92 Å². The number of aliphatic carboxylic acids is 1. The lowest BCUT2D eigenvalue weighted by Gasteiger charge is -2.27. The summed E-state index contributed by atoms with van der Waals surface area (Å²) >= 11 is 0. The van der Waals surface area contributed by atoms with Gasteiger partial charge in [-0.3, -0.25) is 9.59 Å². The first-order chi connectivity index (χ1) is 9.49. The van der Waals surface area contributed by atoms with Crippen molar-refractivity contribution >= 4 is 11.9 Å². The van der Waals surface area contributed by atoms with E-state index in [0.29, 0.717) is 18.5 Å². The van der Waals surface area contributed by atoms with Gasteiger partial charge < -0.3 is 15.0 Å². The minimum atomic E-state index is -0.719. The van der Waals surface area contributed by atoms with Crippen molar-refractivity contribution in [1.82, 2.24) is 9.88 Å². The van der Waals surface area contributed by atoms with Crippen molar-refractivity contribution in [2.24, 2.45) is 5.92 Å². The Balaban J connectivity index is 1.93. The zero-order chi connectivity index (χ0) is 14.7. The second-order valence-corrected chi connectivity index (χ2v) is 5.75. The fourth-order valence-corrected chi connectivity index (χ4v) is 2.78. The molecule has 20 heavy (non-hydrogen) atoms. The molecule has 1 saturated carbocycles.